The van der Waals surface area contributed by atoms with Gasteiger partial charge in [-0.05, 0) is 120 Å². The molecule has 2 fully saturated rings. The maximum absolute atomic E-state index is 12.7. The zero-order valence-electron chi connectivity index (χ0n) is 47.3. The molecule has 20 heteroatoms. The van der Waals surface area contributed by atoms with Gasteiger partial charge < -0.3 is 70.8 Å². The minimum atomic E-state index is -0.183. The second-order valence-corrected chi connectivity index (χ2v) is 16.8. The Bertz CT molecular complexity index is 2180. The van der Waals surface area contributed by atoms with E-state index in [-0.39, 0.29) is 91.1 Å². The molecule has 8 N–H and O–H groups in total. The van der Waals surface area contributed by atoms with E-state index in [1.807, 2.05) is 24.3 Å². The van der Waals surface area contributed by atoms with Crippen LogP contribution < -0.4 is 39.4 Å². The summed E-state index contributed by atoms with van der Waals surface area (Å²) in [6.45, 7) is 15.1. The van der Waals surface area contributed by atoms with Gasteiger partial charge >= 0.3 is 33.0 Å². The summed E-state index contributed by atoms with van der Waals surface area (Å²) in [5.74, 6) is 0.472. The predicted octanol–water partition coefficient (Wildman–Crippen LogP) is 5.09. The van der Waals surface area contributed by atoms with Gasteiger partial charge in [-0.3, -0.25) is 20.0 Å². The van der Waals surface area contributed by atoms with Gasteiger partial charge in [-0.2, -0.15) is 0 Å². The Morgan fingerprint density at radius 2 is 0.562 bits per heavy atom. The fraction of sp³-hybridized carbons (Fsp3) is 0.400. The molecule has 0 amide bonds. The summed E-state index contributed by atoms with van der Waals surface area (Å²) in [5.41, 5.74) is 5.76. The van der Waals surface area contributed by atoms with Crippen LogP contribution in [0.1, 0.15) is 95.9 Å². The number of hydrogen-bond donors (Lipinski definition) is 4. The van der Waals surface area contributed by atoms with Crippen molar-refractivity contribution in [3.05, 3.63) is 144 Å². The Hall–Kier alpha value is -6.33. The number of rotatable bonds is 20. The Kier molecular flexibility index (Phi) is 46.5. The third-order valence-corrected chi connectivity index (χ3v) is 12.0. The van der Waals surface area contributed by atoms with Crippen LogP contribution in [0.5, 0.6) is 46.0 Å². The molecular formula is C60H84N4Ni2O14. The topological polar surface area (TPSA) is 323 Å². The summed E-state index contributed by atoms with van der Waals surface area (Å²) in [4.78, 5) is 19.0. The minimum Gasteiger partial charge on any atom is -0.870 e. The molecule has 2 saturated carbocycles. The monoisotopic (exact) mass is 1200 g/mol. The van der Waals surface area contributed by atoms with Gasteiger partial charge in [-0.1, -0.05) is 97.3 Å². The molecule has 0 saturated heterocycles. The number of aliphatic imine (C=N–C) groups is 4. The van der Waals surface area contributed by atoms with Crippen LogP contribution in [0, 0.1) is 0 Å². The van der Waals surface area contributed by atoms with E-state index < -0.39 is 0 Å². The largest absolute Gasteiger partial charge is 2.00 e. The molecular weight excluding hydrogens is 1120 g/mol. The molecule has 2 aliphatic carbocycles. The number of aliphatic hydroxyl groups is 4. The second-order valence-electron chi connectivity index (χ2n) is 16.8. The standard InChI is InChI=1S/2C28H34N2O4.4CH4O.2Ni.2H2O/c2*1-5-9-19-13-21(27(31)25(15-19)33-3)17-29-23-11-7-8-12-24(23)30-18-22-14-20(10-6-2)16-26(34-4)28(22)32;4*1-2;;;;/h2*5-6,13-18,23-24,31-32H,1-2,7-12H2,3-4H3;4*2H,1H3;;;2*1H2/q;;;;;;2*+2;;/p-4/t2*23-,24-;;;;;;;;/m11......../s1. The summed E-state index contributed by atoms with van der Waals surface area (Å²) in [6.07, 6.45) is 24.0. The molecule has 4 atom stereocenters. The zero-order chi connectivity index (χ0) is 57.0. The number of nitrogens with zero attached hydrogens (tertiary/aromatic N) is 4. The van der Waals surface area contributed by atoms with Gasteiger partial charge in [-0.25, -0.2) is 0 Å². The average molecular weight is 1200 g/mol. The van der Waals surface area contributed by atoms with Crippen LogP contribution >= 0.6 is 0 Å². The van der Waals surface area contributed by atoms with E-state index in [0.717, 1.165) is 102 Å². The molecule has 2 aliphatic rings. The van der Waals surface area contributed by atoms with Gasteiger partial charge in [0.2, 0.25) is 0 Å². The van der Waals surface area contributed by atoms with Crippen LogP contribution in [0.4, 0.5) is 0 Å². The van der Waals surface area contributed by atoms with Crippen molar-refractivity contribution < 1.29 is 104 Å². The van der Waals surface area contributed by atoms with E-state index in [1.54, 1.807) is 73.4 Å². The molecule has 18 nitrogen and oxygen atoms in total. The molecule has 0 unspecified atom stereocenters. The van der Waals surface area contributed by atoms with E-state index in [0.29, 0.717) is 70.9 Å². The third kappa shape index (κ3) is 25.0. The van der Waals surface area contributed by atoms with Gasteiger partial charge in [0.25, 0.3) is 0 Å². The van der Waals surface area contributed by atoms with Gasteiger partial charge in [0.15, 0.2) is 0 Å². The molecule has 6 rings (SSSR count). The normalized spacial score (nSPS) is 15.8. The molecule has 0 aromatic heterocycles. The Balaban J connectivity index is -0.000000614. The van der Waals surface area contributed by atoms with Crippen LogP contribution in [0.2, 0.25) is 0 Å². The van der Waals surface area contributed by atoms with Gasteiger partial charge in [0.05, 0.1) is 52.6 Å². The van der Waals surface area contributed by atoms with Crippen LogP contribution in [-0.2, 0) is 58.7 Å². The third-order valence-electron chi connectivity index (χ3n) is 12.0. The first-order valence-electron chi connectivity index (χ1n) is 24.9. The number of hydrogen-bond acceptors (Lipinski definition) is 16. The van der Waals surface area contributed by atoms with E-state index in [9.17, 15) is 20.4 Å². The molecule has 0 radical (unpaired) electrons. The number of ether oxygens (including phenoxy) is 4. The molecule has 0 bridgehead atoms. The Labute approximate surface area is 493 Å². The van der Waals surface area contributed by atoms with Crippen LogP contribution in [0.25, 0.3) is 0 Å². The summed E-state index contributed by atoms with van der Waals surface area (Å²) < 4.78 is 21.0. The Morgan fingerprint density at radius 1 is 0.388 bits per heavy atom. The second kappa shape index (κ2) is 46.4. The van der Waals surface area contributed by atoms with Crippen molar-refractivity contribution in [3.63, 3.8) is 0 Å². The van der Waals surface area contributed by atoms with E-state index in [2.05, 4.69) is 26.3 Å². The number of benzene rings is 4. The fourth-order valence-corrected chi connectivity index (χ4v) is 8.44. The van der Waals surface area contributed by atoms with Crippen molar-refractivity contribution in [2.45, 2.75) is 101 Å². The summed E-state index contributed by atoms with van der Waals surface area (Å²) in [6, 6.07) is 14.0. The molecule has 448 valence electrons. The first kappa shape index (κ1) is 80.1. The van der Waals surface area contributed by atoms with E-state index in [1.165, 1.54) is 28.4 Å². The van der Waals surface area contributed by atoms with Crippen LogP contribution in [0.3, 0.4) is 0 Å². The summed E-state index contributed by atoms with van der Waals surface area (Å²) in [5, 5.41) is 78.7. The number of methoxy groups -OCH3 is 4. The first-order chi connectivity index (χ1) is 37.0. The average Bonchev–Trinajstić information content (AvgIpc) is 3.46. The van der Waals surface area contributed by atoms with Crippen LogP contribution in [-0.4, -0.2) is 137 Å². The molecule has 0 spiro atoms. The molecule has 4 aromatic carbocycles. The molecule has 0 aliphatic heterocycles. The van der Waals surface area contributed by atoms with Crippen molar-refractivity contribution in [1.29, 1.82) is 0 Å². The van der Waals surface area contributed by atoms with E-state index >= 15 is 0 Å². The first-order valence-corrected chi connectivity index (χ1v) is 24.9. The summed E-state index contributed by atoms with van der Waals surface area (Å²) >= 11 is 0. The maximum atomic E-state index is 12.7. The molecule has 80 heavy (non-hydrogen) atoms. The van der Waals surface area contributed by atoms with Crippen LogP contribution in [0.15, 0.2) is 119 Å². The number of allylic oxidation sites excluding steroid dienone is 4. The molecule has 4 aromatic rings. The smallest absolute Gasteiger partial charge is 0.870 e. The number of aliphatic hydroxyl groups excluding tert-OH is 4. The van der Waals surface area contributed by atoms with Crippen molar-refractivity contribution in [2.24, 2.45) is 20.0 Å². The van der Waals surface area contributed by atoms with Gasteiger partial charge in [-0.15, -0.1) is 26.3 Å². The van der Waals surface area contributed by atoms with Gasteiger partial charge in [0.1, 0.15) is 23.0 Å². The van der Waals surface area contributed by atoms with E-state index in [4.69, 9.17) is 59.3 Å². The summed E-state index contributed by atoms with van der Waals surface area (Å²) in [7, 11) is 9.96. The quantitative estimate of drug-likeness (QED) is 0.0511. The van der Waals surface area contributed by atoms with Crippen molar-refractivity contribution in [1.82, 2.24) is 0 Å². The van der Waals surface area contributed by atoms with Crippen molar-refractivity contribution >= 4 is 24.9 Å². The molecule has 0 heterocycles. The zero-order valence-corrected chi connectivity index (χ0v) is 49.3. The maximum Gasteiger partial charge on any atom is 2.00 e. The predicted molar refractivity (Wildman–Crippen MR) is 308 cm³/mol. The SMILES string of the molecule is C=CCc1cc(C=N[C@@H]2CCCC[C@H]2N=Cc2cc(CC=C)cc(OC)c2[O-])c([O-])c(OC)c1.C=CCc1cc(C=N[C@@H]2CCCC[C@H]2N=Cc2cc(CC=C)cc(OC)c2[O-])c([O-])c(OC)c1.CO.CO.CO.CO.O.O.[Ni+2].[Ni+2]. The van der Waals surface area contributed by atoms with Crippen molar-refractivity contribution in [3.8, 4) is 46.0 Å². The minimum absolute atomic E-state index is 0. The fourth-order valence-electron chi connectivity index (χ4n) is 8.44. The van der Waals surface area contributed by atoms with Gasteiger partial charge in [0, 0.05) is 53.3 Å². The van der Waals surface area contributed by atoms with Crippen molar-refractivity contribution in [2.75, 3.05) is 56.9 Å². The Morgan fingerprint density at radius 3 is 0.713 bits per heavy atom.